The van der Waals surface area contributed by atoms with Crippen molar-refractivity contribution in [1.82, 2.24) is 5.32 Å². The first-order valence-corrected chi connectivity index (χ1v) is 7.00. The molecule has 0 saturated heterocycles. The van der Waals surface area contributed by atoms with E-state index in [0.717, 1.165) is 30.7 Å². The number of carbonyl (C=O) groups is 1. The summed E-state index contributed by atoms with van der Waals surface area (Å²) in [6.45, 7) is 2.99. The van der Waals surface area contributed by atoms with Gasteiger partial charge in [0.05, 0.1) is 0 Å². The summed E-state index contributed by atoms with van der Waals surface area (Å²) in [5.74, 6) is 3.00. The third-order valence-electron chi connectivity index (χ3n) is 5.06. The van der Waals surface area contributed by atoms with Gasteiger partial charge in [0.25, 0.3) is 0 Å². The Hall–Kier alpha value is -0.530. The Bertz CT molecular complexity index is 262. The minimum absolute atomic E-state index is 0.0594. The third kappa shape index (κ3) is 1.57. The highest BCUT2D eigenvalue weighted by Crippen LogP contribution is 2.60. The van der Waals surface area contributed by atoms with Crippen LogP contribution in [0.3, 0.4) is 0 Å². The zero-order chi connectivity index (χ0) is 11.2. The van der Waals surface area contributed by atoms with Crippen molar-refractivity contribution in [3.8, 4) is 0 Å². The lowest BCUT2D eigenvalue weighted by Crippen LogP contribution is -2.53. The Morgan fingerprint density at radius 2 is 1.62 bits per heavy atom. The van der Waals surface area contributed by atoms with Crippen LogP contribution in [-0.2, 0) is 4.79 Å². The Morgan fingerprint density at radius 1 is 1.12 bits per heavy atom. The summed E-state index contributed by atoms with van der Waals surface area (Å²) in [4.78, 5) is 12.3. The first kappa shape index (κ1) is 10.6. The van der Waals surface area contributed by atoms with Crippen LogP contribution in [0.1, 0.15) is 51.9 Å². The Balaban J connectivity index is 1.75. The average Bonchev–Trinajstić information content (AvgIpc) is 2.24. The van der Waals surface area contributed by atoms with E-state index in [1.165, 1.54) is 38.5 Å². The summed E-state index contributed by atoms with van der Waals surface area (Å²) in [6.07, 6.45) is 8.87. The van der Waals surface area contributed by atoms with Crippen LogP contribution >= 0.6 is 0 Å². The Morgan fingerprint density at radius 3 is 2.06 bits per heavy atom. The summed E-state index contributed by atoms with van der Waals surface area (Å²) in [5.41, 5.74) is 0.0594. The molecule has 4 saturated carbocycles. The highest BCUT2D eigenvalue weighted by atomic mass is 16.2. The number of nitrogens with one attached hydrogen (secondary N) is 1. The molecule has 0 radical (unpaired) electrons. The van der Waals surface area contributed by atoms with Gasteiger partial charge < -0.3 is 5.32 Å². The lowest BCUT2D eigenvalue weighted by atomic mass is 9.49. The maximum atomic E-state index is 12.3. The maximum absolute atomic E-state index is 12.3. The maximum Gasteiger partial charge on any atom is 0.226 e. The van der Waals surface area contributed by atoms with E-state index in [4.69, 9.17) is 0 Å². The molecule has 0 aromatic carbocycles. The van der Waals surface area contributed by atoms with Crippen molar-refractivity contribution >= 4 is 5.91 Å². The smallest absolute Gasteiger partial charge is 0.226 e. The fourth-order valence-corrected chi connectivity index (χ4v) is 4.81. The summed E-state index contributed by atoms with van der Waals surface area (Å²) < 4.78 is 0. The molecular formula is C14H23NO. The van der Waals surface area contributed by atoms with Crippen molar-refractivity contribution in [2.24, 2.45) is 23.2 Å². The van der Waals surface area contributed by atoms with Crippen molar-refractivity contribution in [3.05, 3.63) is 0 Å². The molecule has 0 heterocycles. The van der Waals surface area contributed by atoms with E-state index in [1.807, 2.05) is 0 Å². The van der Waals surface area contributed by atoms with Crippen LogP contribution in [0.15, 0.2) is 0 Å². The first-order chi connectivity index (χ1) is 7.72. The minimum Gasteiger partial charge on any atom is -0.356 e. The summed E-state index contributed by atoms with van der Waals surface area (Å²) in [5, 5.41) is 3.15. The van der Waals surface area contributed by atoms with Gasteiger partial charge in [-0.15, -0.1) is 0 Å². The van der Waals surface area contributed by atoms with Gasteiger partial charge in [-0.25, -0.2) is 0 Å². The zero-order valence-electron chi connectivity index (χ0n) is 10.3. The molecule has 0 aromatic rings. The van der Waals surface area contributed by atoms with Gasteiger partial charge in [0.1, 0.15) is 0 Å². The van der Waals surface area contributed by atoms with Gasteiger partial charge in [0.15, 0.2) is 0 Å². The third-order valence-corrected chi connectivity index (χ3v) is 5.06. The van der Waals surface area contributed by atoms with E-state index in [1.54, 1.807) is 0 Å². The van der Waals surface area contributed by atoms with E-state index < -0.39 is 0 Å². The largest absolute Gasteiger partial charge is 0.356 e. The van der Waals surface area contributed by atoms with E-state index in [2.05, 4.69) is 12.2 Å². The van der Waals surface area contributed by atoms with Crippen molar-refractivity contribution in [3.63, 3.8) is 0 Å². The molecule has 0 aliphatic heterocycles. The number of hydrogen-bond donors (Lipinski definition) is 1. The van der Waals surface area contributed by atoms with Crippen LogP contribution in [0.2, 0.25) is 0 Å². The second kappa shape index (κ2) is 3.75. The SMILES string of the molecule is CCCNC(=O)C12CC3CC(CC(C3)C1)C2. The summed E-state index contributed by atoms with van der Waals surface area (Å²) in [6, 6.07) is 0. The fraction of sp³-hybridized carbons (Fsp3) is 0.929. The minimum atomic E-state index is 0.0594. The standard InChI is InChI=1S/C14H23NO/c1-2-3-15-13(16)14-7-10-4-11(8-14)6-12(5-10)9-14/h10-12H,2-9H2,1H3,(H,15,16). The van der Waals surface area contributed by atoms with E-state index in [9.17, 15) is 4.79 Å². The molecule has 2 nitrogen and oxygen atoms in total. The predicted molar refractivity (Wildman–Crippen MR) is 63.9 cm³/mol. The number of rotatable bonds is 3. The van der Waals surface area contributed by atoms with Crippen LogP contribution in [0.25, 0.3) is 0 Å². The molecule has 1 N–H and O–H groups in total. The van der Waals surface area contributed by atoms with Gasteiger partial charge in [0.2, 0.25) is 5.91 Å². The average molecular weight is 221 g/mol. The molecular weight excluding hydrogens is 198 g/mol. The lowest BCUT2D eigenvalue weighted by molar-refractivity contribution is -0.146. The van der Waals surface area contributed by atoms with Crippen LogP contribution < -0.4 is 5.32 Å². The Labute approximate surface area is 98.2 Å². The first-order valence-electron chi connectivity index (χ1n) is 7.00. The topological polar surface area (TPSA) is 29.1 Å². The zero-order valence-corrected chi connectivity index (χ0v) is 10.3. The lowest BCUT2D eigenvalue weighted by Gasteiger charge is -2.55. The number of hydrogen-bond acceptors (Lipinski definition) is 1. The summed E-state index contributed by atoms with van der Waals surface area (Å²) in [7, 11) is 0. The molecule has 2 heteroatoms. The quantitative estimate of drug-likeness (QED) is 0.780. The normalized spacial score (nSPS) is 44.7. The van der Waals surface area contributed by atoms with E-state index in [-0.39, 0.29) is 5.41 Å². The molecule has 4 bridgehead atoms. The molecule has 4 rings (SSSR count). The van der Waals surface area contributed by atoms with Crippen LogP contribution in [0.5, 0.6) is 0 Å². The van der Waals surface area contributed by atoms with Crippen molar-refractivity contribution in [2.75, 3.05) is 6.54 Å². The highest BCUT2D eigenvalue weighted by Gasteiger charge is 2.54. The van der Waals surface area contributed by atoms with Crippen molar-refractivity contribution < 1.29 is 4.79 Å². The molecule has 0 unspecified atom stereocenters. The van der Waals surface area contributed by atoms with Crippen LogP contribution in [0, 0.1) is 23.2 Å². The number of carbonyl (C=O) groups excluding carboxylic acids is 1. The monoisotopic (exact) mass is 221 g/mol. The molecule has 16 heavy (non-hydrogen) atoms. The highest BCUT2D eigenvalue weighted by molar-refractivity contribution is 5.83. The van der Waals surface area contributed by atoms with Crippen LogP contribution in [0.4, 0.5) is 0 Å². The molecule has 4 aliphatic rings. The van der Waals surface area contributed by atoms with Gasteiger partial charge in [-0.2, -0.15) is 0 Å². The van der Waals surface area contributed by atoms with Crippen molar-refractivity contribution in [2.45, 2.75) is 51.9 Å². The van der Waals surface area contributed by atoms with Gasteiger partial charge in [-0.3, -0.25) is 4.79 Å². The number of amides is 1. The molecule has 0 atom stereocenters. The van der Waals surface area contributed by atoms with Crippen molar-refractivity contribution in [1.29, 1.82) is 0 Å². The molecule has 0 aromatic heterocycles. The second-order valence-corrected chi connectivity index (χ2v) is 6.45. The molecule has 0 spiro atoms. The van der Waals surface area contributed by atoms with E-state index >= 15 is 0 Å². The Kier molecular flexibility index (Phi) is 2.49. The van der Waals surface area contributed by atoms with Gasteiger partial charge >= 0.3 is 0 Å². The predicted octanol–water partition coefficient (Wildman–Crippen LogP) is 2.73. The molecule has 90 valence electrons. The fourth-order valence-electron chi connectivity index (χ4n) is 4.81. The van der Waals surface area contributed by atoms with Gasteiger partial charge in [-0.05, 0) is 62.7 Å². The molecule has 4 aliphatic carbocycles. The van der Waals surface area contributed by atoms with E-state index in [0.29, 0.717) is 5.91 Å². The van der Waals surface area contributed by atoms with Gasteiger partial charge in [0, 0.05) is 12.0 Å². The summed E-state index contributed by atoms with van der Waals surface area (Å²) >= 11 is 0. The molecule has 1 amide bonds. The van der Waals surface area contributed by atoms with Crippen LogP contribution in [-0.4, -0.2) is 12.5 Å². The molecule has 4 fully saturated rings. The second-order valence-electron chi connectivity index (χ2n) is 6.45. The van der Waals surface area contributed by atoms with Gasteiger partial charge in [-0.1, -0.05) is 6.92 Å².